The van der Waals surface area contributed by atoms with Gasteiger partial charge in [-0.2, -0.15) is 5.10 Å². The van der Waals surface area contributed by atoms with Gasteiger partial charge in [0, 0.05) is 0 Å². The van der Waals surface area contributed by atoms with Gasteiger partial charge in [-0.3, -0.25) is 0 Å². The van der Waals surface area contributed by atoms with E-state index in [2.05, 4.69) is 10.1 Å². The monoisotopic (exact) mass is 205 g/mol. The van der Waals surface area contributed by atoms with Gasteiger partial charge in [-0.25, -0.2) is 14.3 Å². The number of carboxylic acid groups (broad SMARTS) is 1. The van der Waals surface area contributed by atoms with E-state index in [0.717, 1.165) is 5.69 Å². The van der Waals surface area contributed by atoms with Crippen molar-refractivity contribution in [3.8, 4) is 0 Å². The van der Waals surface area contributed by atoms with Crippen LogP contribution in [-0.4, -0.2) is 25.7 Å². The molecule has 0 aliphatic carbocycles. The first-order valence-electron chi connectivity index (χ1n) is 4.67. The molecule has 0 fully saturated rings. The van der Waals surface area contributed by atoms with Gasteiger partial charge in [-0.05, 0) is 18.1 Å². The molecule has 0 atom stereocenters. The van der Waals surface area contributed by atoms with Gasteiger partial charge < -0.3 is 5.11 Å². The summed E-state index contributed by atoms with van der Waals surface area (Å²) in [5.41, 5.74) is 1.49. The molecule has 5 heteroatoms. The number of hydrogen-bond donors (Lipinski definition) is 1. The maximum Gasteiger partial charge on any atom is 0.356 e. The lowest BCUT2D eigenvalue weighted by molar-refractivity contribution is 0.0688. The lowest BCUT2D eigenvalue weighted by Crippen LogP contribution is -2.06. The van der Waals surface area contributed by atoms with Crippen LogP contribution >= 0.6 is 0 Å². The van der Waals surface area contributed by atoms with Crippen molar-refractivity contribution >= 4 is 11.6 Å². The van der Waals surface area contributed by atoms with Crippen molar-refractivity contribution in [1.82, 2.24) is 14.6 Å². The summed E-state index contributed by atoms with van der Waals surface area (Å²) in [5.74, 6) is -0.755. The minimum Gasteiger partial charge on any atom is -0.476 e. The highest BCUT2D eigenvalue weighted by Gasteiger charge is 2.12. The molecule has 0 saturated carbocycles. The fraction of sp³-hybridized carbons (Fsp3) is 0.300. The van der Waals surface area contributed by atoms with Gasteiger partial charge in [0.2, 0.25) is 0 Å². The first-order valence-corrected chi connectivity index (χ1v) is 4.67. The standard InChI is InChI=1S/C10H11N3O2/c1-6(2)7-3-4-9-11-5-8(10(14)15)13(9)12-7/h3-6H,1-2H3,(H,14,15). The Labute approximate surface area is 86.4 Å². The summed E-state index contributed by atoms with van der Waals surface area (Å²) in [5, 5.41) is 13.1. The predicted octanol–water partition coefficient (Wildman–Crippen LogP) is 1.55. The molecule has 0 unspecified atom stereocenters. The number of rotatable bonds is 2. The van der Waals surface area contributed by atoms with Gasteiger partial charge in [0.25, 0.3) is 0 Å². The van der Waals surface area contributed by atoms with Crippen LogP contribution in [0.1, 0.15) is 35.9 Å². The van der Waals surface area contributed by atoms with Crippen LogP contribution < -0.4 is 0 Å². The van der Waals surface area contributed by atoms with Gasteiger partial charge in [0.05, 0.1) is 11.9 Å². The first-order chi connectivity index (χ1) is 7.09. The molecule has 1 N–H and O–H groups in total. The fourth-order valence-corrected chi connectivity index (χ4v) is 1.34. The molecule has 2 aromatic heterocycles. The molecule has 0 amide bonds. The molecule has 2 aromatic rings. The summed E-state index contributed by atoms with van der Waals surface area (Å²) in [7, 11) is 0. The zero-order chi connectivity index (χ0) is 11.0. The number of carbonyl (C=O) groups is 1. The third-order valence-electron chi connectivity index (χ3n) is 2.19. The number of carboxylic acids is 1. The topological polar surface area (TPSA) is 67.5 Å². The Bertz CT molecular complexity index is 516. The molecule has 15 heavy (non-hydrogen) atoms. The van der Waals surface area contributed by atoms with E-state index in [4.69, 9.17) is 5.11 Å². The number of nitrogens with zero attached hydrogens (tertiary/aromatic N) is 3. The Balaban J connectivity index is 2.66. The summed E-state index contributed by atoms with van der Waals surface area (Å²) in [4.78, 5) is 14.8. The van der Waals surface area contributed by atoms with Crippen molar-refractivity contribution in [3.63, 3.8) is 0 Å². The molecule has 0 saturated heterocycles. The average molecular weight is 205 g/mol. The molecule has 0 aliphatic heterocycles. The number of aromatic nitrogens is 3. The third-order valence-corrected chi connectivity index (χ3v) is 2.19. The summed E-state index contributed by atoms with van der Waals surface area (Å²) in [6.07, 6.45) is 1.31. The van der Waals surface area contributed by atoms with E-state index < -0.39 is 5.97 Å². The minimum atomic E-state index is -1.02. The normalized spacial score (nSPS) is 11.1. The van der Waals surface area contributed by atoms with Crippen molar-refractivity contribution in [2.24, 2.45) is 0 Å². The average Bonchev–Trinajstić information content (AvgIpc) is 2.59. The maximum absolute atomic E-state index is 10.9. The van der Waals surface area contributed by atoms with Gasteiger partial charge in [0.1, 0.15) is 0 Å². The highest BCUT2D eigenvalue weighted by molar-refractivity contribution is 5.86. The maximum atomic E-state index is 10.9. The Hall–Kier alpha value is -1.91. The van der Waals surface area contributed by atoms with E-state index in [0.29, 0.717) is 5.65 Å². The Kier molecular flexibility index (Phi) is 2.15. The summed E-state index contributed by atoms with van der Waals surface area (Å²) >= 11 is 0. The quantitative estimate of drug-likeness (QED) is 0.807. The van der Waals surface area contributed by atoms with Gasteiger partial charge >= 0.3 is 5.97 Å². The molecule has 0 spiro atoms. The van der Waals surface area contributed by atoms with Crippen LogP contribution in [0.15, 0.2) is 18.3 Å². The van der Waals surface area contributed by atoms with E-state index in [1.165, 1.54) is 10.7 Å². The minimum absolute atomic E-state index is 0.0903. The lowest BCUT2D eigenvalue weighted by atomic mass is 10.1. The van der Waals surface area contributed by atoms with Gasteiger partial charge in [0.15, 0.2) is 11.3 Å². The van der Waals surface area contributed by atoms with Crippen LogP contribution in [0, 0.1) is 0 Å². The number of imidazole rings is 1. The van der Waals surface area contributed by atoms with E-state index in [9.17, 15) is 4.79 Å². The molecule has 0 aliphatic rings. The molecule has 2 heterocycles. The largest absolute Gasteiger partial charge is 0.476 e. The smallest absolute Gasteiger partial charge is 0.356 e. The highest BCUT2D eigenvalue weighted by Crippen LogP contribution is 2.13. The Morgan fingerprint density at radius 1 is 1.47 bits per heavy atom. The molecular weight excluding hydrogens is 194 g/mol. The first kappa shape index (κ1) is 9.64. The summed E-state index contributed by atoms with van der Waals surface area (Å²) in [6, 6.07) is 3.63. The molecule has 0 bridgehead atoms. The lowest BCUT2D eigenvalue weighted by Gasteiger charge is -2.04. The molecule has 0 aromatic carbocycles. The third kappa shape index (κ3) is 1.56. The van der Waals surface area contributed by atoms with Crippen LogP contribution in [0.2, 0.25) is 0 Å². The van der Waals surface area contributed by atoms with Crippen molar-refractivity contribution in [2.45, 2.75) is 19.8 Å². The SMILES string of the molecule is CC(C)c1ccc2ncc(C(=O)O)n2n1. The predicted molar refractivity (Wildman–Crippen MR) is 54.0 cm³/mol. The highest BCUT2D eigenvalue weighted by atomic mass is 16.4. The van der Waals surface area contributed by atoms with E-state index in [1.54, 1.807) is 6.07 Å². The number of fused-ring (bicyclic) bond motifs is 1. The number of hydrogen-bond acceptors (Lipinski definition) is 3. The Morgan fingerprint density at radius 2 is 2.20 bits per heavy atom. The van der Waals surface area contributed by atoms with Crippen LogP contribution in [0.3, 0.4) is 0 Å². The van der Waals surface area contributed by atoms with Crippen LogP contribution in [0.4, 0.5) is 0 Å². The van der Waals surface area contributed by atoms with Crippen molar-refractivity contribution in [3.05, 3.63) is 29.7 Å². The fourth-order valence-electron chi connectivity index (χ4n) is 1.34. The van der Waals surface area contributed by atoms with Crippen LogP contribution in [-0.2, 0) is 0 Å². The second kappa shape index (κ2) is 3.34. The molecule has 0 radical (unpaired) electrons. The van der Waals surface area contributed by atoms with Crippen molar-refractivity contribution < 1.29 is 9.90 Å². The summed E-state index contributed by atoms with van der Waals surface area (Å²) in [6.45, 7) is 4.01. The zero-order valence-corrected chi connectivity index (χ0v) is 8.51. The van der Waals surface area contributed by atoms with E-state index in [-0.39, 0.29) is 11.6 Å². The molecule has 78 valence electrons. The van der Waals surface area contributed by atoms with Gasteiger partial charge in [-0.1, -0.05) is 13.8 Å². The zero-order valence-electron chi connectivity index (χ0n) is 8.51. The second-order valence-corrected chi connectivity index (χ2v) is 3.63. The molecule has 2 rings (SSSR count). The molecular formula is C10H11N3O2. The van der Waals surface area contributed by atoms with E-state index >= 15 is 0 Å². The van der Waals surface area contributed by atoms with Crippen LogP contribution in [0.25, 0.3) is 5.65 Å². The van der Waals surface area contributed by atoms with Crippen molar-refractivity contribution in [2.75, 3.05) is 0 Å². The second-order valence-electron chi connectivity index (χ2n) is 3.63. The van der Waals surface area contributed by atoms with Crippen LogP contribution in [0.5, 0.6) is 0 Å². The Morgan fingerprint density at radius 3 is 2.80 bits per heavy atom. The van der Waals surface area contributed by atoms with Crippen molar-refractivity contribution in [1.29, 1.82) is 0 Å². The summed E-state index contributed by atoms with van der Waals surface area (Å²) < 4.78 is 1.36. The van der Waals surface area contributed by atoms with Gasteiger partial charge in [-0.15, -0.1) is 0 Å². The number of aromatic carboxylic acids is 1. The van der Waals surface area contributed by atoms with E-state index in [1.807, 2.05) is 19.9 Å². The molecule has 5 nitrogen and oxygen atoms in total.